The minimum Gasteiger partial charge on any atom is -0.330 e. The average molecular weight is 239 g/mol. The molecule has 0 unspecified atom stereocenters. The van der Waals surface area contributed by atoms with Gasteiger partial charge in [0.25, 0.3) is 0 Å². The summed E-state index contributed by atoms with van der Waals surface area (Å²) in [4.78, 5) is 5.28. The molecule has 0 radical (unpaired) electrons. The Kier molecular flexibility index (Phi) is 4.45. The van der Waals surface area contributed by atoms with Gasteiger partial charge in [-0.15, -0.1) is 0 Å². The normalized spacial score (nSPS) is 25.4. The van der Waals surface area contributed by atoms with Crippen LogP contribution in [0.4, 0.5) is 0 Å². The van der Waals surface area contributed by atoms with E-state index in [-0.39, 0.29) is 0 Å². The molecule has 3 heteroatoms. The summed E-state index contributed by atoms with van der Waals surface area (Å²) in [6.07, 6.45) is 4.06. The van der Waals surface area contributed by atoms with Gasteiger partial charge in [0, 0.05) is 39.3 Å². The number of piperazine rings is 1. The van der Waals surface area contributed by atoms with Crippen molar-refractivity contribution in [2.24, 2.45) is 17.1 Å². The maximum absolute atomic E-state index is 5.71. The van der Waals surface area contributed by atoms with Crippen molar-refractivity contribution in [3.63, 3.8) is 0 Å². The molecule has 0 aromatic rings. The van der Waals surface area contributed by atoms with Gasteiger partial charge in [0.05, 0.1) is 0 Å². The molecule has 2 N–H and O–H groups in total. The summed E-state index contributed by atoms with van der Waals surface area (Å²) in [5.74, 6) is 0.800. The largest absolute Gasteiger partial charge is 0.330 e. The van der Waals surface area contributed by atoms with E-state index in [2.05, 4.69) is 23.6 Å². The highest BCUT2D eigenvalue weighted by Crippen LogP contribution is 2.49. The van der Waals surface area contributed by atoms with Crippen LogP contribution in [0.2, 0.25) is 0 Å². The van der Waals surface area contributed by atoms with Gasteiger partial charge in [-0.3, -0.25) is 0 Å². The molecule has 1 saturated carbocycles. The quantitative estimate of drug-likeness (QED) is 0.760. The van der Waals surface area contributed by atoms with Gasteiger partial charge in [-0.2, -0.15) is 0 Å². The smallest absolute Gasteiger partial charge is 0.0110 e. The Hall–Kier alpha value is -0.120. The first-order chi connectivity index (χ1) is 8.13. The van der Waals surface area contributed by atoms with Crippen LogP contribution in [0.1, 0.15) is 33.1 Å². The van der Waals surface area contributed by atoms with Crippen LogP contribution >= 0.6 is 0 Å². The molecule has 0 spiro atoms. The van der Waals surface area contributed by atoms with Crippen LogP contribution in [-0.4, -0.2) is 55.6 Å². The molecule has 1 saturated heterocycles. The van der Waals surface area contributed by atoms with Gasteiger partial charge in [-0.1, -0.05) is 13.8 Å². The summed E-state index contributed by atoms with van der Waals surface area (Å²) in [6.45, 7) is 13.1. The van der Waals surface area contributed by atoms with Crippen LogP contribution in [0.3, 0.4) is 0 Å². The molecular weight excluding hydrogens is 210 g/mol. The van der Waals surface area contributed by atoms with Crippen LogP contribution in [0.25, 0.3) is 0 Å². The Morgan fingerprint density at radius 2 is 1.65 bits per heavy atom. The average Bonchev–Trinajstić information content (AvgIpc) is 3.01. The molecule has 100 valence electrons. The van der Waals surface area contributed by atoms with E-state index in [1.165, 1.54) is 58.5 Å². The highest BCUT2D eigenvalue weighted by atomic mass is 15.3. The Bertz CT molecular complexity index is 228. The summed E-state index contributed by atoms with van der Waals surface area (Å²) >= 11 is 0. The second kappa shape index (κ2) is 5.68. The summed E-state index contributed by atoms with van der Waals surface area (Å²) in [7, 11) is 0. The van der Waals surface area contributed by atoms with Gasteiger partial charge in [0.2, 0.25) is 0 Å². The van der Waals surface area contributed by atoms with Crippen LogP contribution in [-0.2, 0) is 0 Å². The molecule has 2 aliphatic rings. The summed E-state index contributed by atoms with van der Waals surface area (Å²) < 4.78 is 0. The molecule has 1 heterocycles. The molecule has 0 atom stereocenters. The van der Waals surface area contributed by atoms with Crippen LogP contribution in [0.5, 0.6) is 0 Å². The predicted octanol–water partition coefficient (Wildman–Crippen LogP) is 1.39. The minimum absolute atomic E-state index is 0.620. The summed E-state index contributed by atoms with van der Waals surface area (Å²) in [6, 6.07) is 0. The van der Waals surface area contributed by atoms with Gasteiger partial charge in [-0.05, 0) is 37.1 Å². The minimum atomic E-state index is 0.620. The van der Waals surface area contributed by atoms with Gasteiger partial charge >= 0.3 is 0 Å². The molecule has 0 aromatic carbocycles. The van der Waals surface area contributed by atoms with E-state index in [1.807, 2.05) is 0 Å². The van der Waals surface area contributed by atoms with Crippen molar-refractivity contribution in [1.82, 2.24) is 9.80 Å². The number of hydrogen-bond acceptors (Lipinski definition) is 3. The molecule has 2 fully saturated rings. The Balaban J connectivity index is 1.69. The second-order valence-corrected chi connectivity index (χ2v) is 6.51. The monoisotopic (exact) mass is 239 g/mol. The third kappa shape index (κ3) is 3.94. The first-order valence-electron chi connectivity index (χ1n) is 7.28. The molecule has 0 bridgehead atoms. The molecular formula is C14H29N3. The van der Waals surface area contributed by atoms with E-state index in [0.29, 0.717) is 5.41 Å². The molecule has 0 amide bonds. The molecule has 3 nitrogen and oxygen atoms in total. The van der Waals surface area contributed by atoms with Crippen molar-refractivity contribution in [1.29, 1.82) is 0 Å². The molecule has 2 rings (SSSR count). The topological polar surface area (TPSA) is 32.5 Å². The fraction of sp³-hybridized carbons (Fsp3) is 1.00. The van der Waals surface area contributed by atoms with Crippen LogP contribution in [0.15, 0.2) is 0 Å². The fourth-order valence-electron chi connectivity index (χ4n) is 3.09. The highest BCUT2D eigenvalue weighted by molar-refractivity contribution is 4.96. The van der Waals surface area contributed by atoms with Gasteiger partial charge in [0.15, 0.2) is 0 Å². The summed E-state index contributed by atoms with van der Waals surface area (Å²) in [5.41, 5.74) is 6.33. The zero-order valence-corrected chi connectivity index (χ0v) is 11.6. The lowest BCUT2D eigenvalue weighted by Gasteiger charge is -2.37. The zero-order valence-electron chi connectivity index (χ0n) is 11.6. The Morgan fingerprint density at radius 1 is 1.06 bits per heavy atom. The molecule has 1 aliphatic heterocycles. The Labute approximate surface area is 106 Å². The fourth-order valence-corrected chi connectivity index (χ4v) is 3.09. The zero-order chi connectivity index (χ0) is 12.3. The van der Waals surface area contributed by atoms with E-state index in [1.54, 1.807) is 0 Å². The SMILES string of the molecule is CC(C)CN1CCN(CC2(CCN)CC2)CC1. The molecule has 17 heavy (non-hydrogen) atoms. The van der Waals surface area contributed by atoms with E-state index < -0.39 is 0 Å². The number of rotatable bonds is 6. The number of nitrogens with two attached hydrogens (primary N) is 1. The van der Waals surface area contributed by atoms with Crippen LogP contribution < -0.4 is 5.73 Å². The van der Waals surface area contributed by atoms with Crippen molar-refractivity contribution >= 4 is 0 Å². The van der Waals surface area contributed by atoms with Crippen molar-refractivity contribution in [3.8, 4) is 0 Å². The number of nitrogens with zero attached hydrogens (tertiary/aromatic N) is 2. The maximum Gasteiger partial charge on any atom is 0.0110 e. The lowest BCUT2D eigenvalue weighted by molar-refractivity contribution is 0.104. The van der Waals surface area contributed by atoms with Gasteiger partial charge in [-0.25, -0.2) is 0 Å². The molecule has 1 aliphatic carbocycles. The van der Waals surface area contributed by atoms with E-state index in [0.717, 1.165) is 12.5 Å². The van der Waals surface area contributed by atoms with E-state index >= 15 is 0 Å². The first kappa shape index (κ1) is 13.3. The standard InChI is InChI=1S/C14H29N3/c1-13(2)11-16-7-9-17(10-8-16)12-14(3-4-14)5-6-15/h13H,3-12,15H2,1-2H3. The second-order valence-electron chi connectivity index (χ2n) is 6.51. The van der Waals surface area contributed by atoms with Crippen LogP contribution in [0, 0.1) is 11.3 Å². The summed E-state index contributed by atoms with van der Waals surface area (Å²) in [5, 5.41) is 0. The molecule has 0 aromatic heterocycles. The maximum atomic E-state index is 5.71. The Morgan fingerprint density at radius 3 is 2.12 bits per heavy atom. The third-order valence-corrected chi connectivity index (χ3v) is 4.28. The van der Waals surface area contributed by atoms with Crippen molar-refractivity contribution in [3.05, 3.63) is 0 Å². The van der Waals surface area contributed by atoms with Gasteiger partial charge in [0.1, 0.15) is 0 Å². The van der Waals surface area contributed by atoms with Gasteiger partial charge < -0.3 is 15.5 Å². The number of hydrogen-bond donors (Lipinski definition) is 1. The van der Waals surface area contributed by atoms with Crippen molar-refractivity contribution in [2.45, 2.75) is 33.1 Å². The highest BCUT2D eigenvalue weighted by Gasteiger charge is 2.43. The van der Waals surface area contributed by atoms with Crippen molar-refractivity contribution < 1.29 is 0 Å². The third-order valence-electron chi connectivity index (χ3n) is 4.28. The van der Waals surface area contributed by atoms with E-state index in [4.69, 9.17) is 5.73 Å². The van der Waals surface area contributed by atoms with Crippen molar-refractivity contribution in [2.75, 3.05) is 45.8 Å². The lowest BCUT2D eigenvalue weighted by atomic mass is 10.0. The first-order valence-corrected chi connectivity index (χ1v) is 7.28. The lowest BCUT2D eigenvalue weighted by Crippen LogP contribution is -2.49. The predicted molar refractivity (Wildman–Crippen MR) is 73.1 cm³/mol. The van der Waals surface area contributed by atoms with E-state index in [9.17, 15) is 0 Å².